The van der Waals surface area contributed by atoms with Crippen molar-refractivity contribution in [1.82, 2.24) is 14.7 Å². The number of anilines is 2. The number of para-hydroxylation sites is 1. The third-order valence-electron chi connectivity index (χ3n) is 7.02. The smallest absolute Gasteiger partial charge is 0.315 e. The molecule has 8 heteroatoms. The Labute approximate surface area is 250 Å². The Kier molecular flexibility index (Phi) is 10.6. The summed E-state index contributed by atoms with van der Waals surface area (Å²) in [6.07, 6.45) is 0.778. The second-order valence-electron chi connectivity index (χ2n) is 12.8. The molecule has 0 spiro atoms. The molecule has 7 nitrogen and oxygen atoms in total. The van der Waals surface area contributed by atoms with Crippen LogP contribution in [0.2, 0.25) is 5.02 Å². The van der Waals surface area contributed by atoms with Gasteiger partial charge in [0.25, 0.3) is 0 Å². The lowest BCUT2D eigenvalue weighted by Gasteiger charge is -2.26. The number of halogens is 1. The number of benzene rings is 2. The van der Waals surface area contributed by atoms with Crippen LogP contribution in [0.15, 0.2) is 48.5 Å². The summed E-state index contributed by atoms with van der Waals surface area (Å²) in [6.45, 7) is 19.3. The molecule has 3 rings (SSSR count). The van der Waals surface area contributed by atoms with Crippen LogP contribution < -0.4 is 10.6 Å². The first-order valence-electron chi connectivity index (χ1n) is 14.5. The number of carbonyl (C=O) groups is 2. The Morgan fingerprint density at radius 2 is 1.51 bits per heavy atom. The van der Waals surface area contributed by atoms with E-state index < -0.39 is 0 Å². The molecule has 0 unspecified atom stereocenters. The molecule has 0 bridgehead atoms. The van der Waals surface area contributed by atoms with Crippen LogP contribution in [0.3, 0.4) is 0 Å². The highest BCUT2D eigenvalue weighted by Gasteiger charge is 2.24. The minimum Gasteiger partial charge on any atom is -0.315 e. The zero-order chi connectivity index (χ0) is 30.5. The minimum atomic E-state index is -0.291. The number of nitrogens with zero attached hydrogens (tertiary/aromatic N) is 3. The van der Waals surface area contributed by atoms with Gasteiger partial charge in [-0.05, 0) is 59.6 Å². The number of nitrogens with one attached hydrogen (secondary N) is 2. The van der Waals surface area contributed by atoms with Crippen molar-refractivity contribution in [1.29, 1.82) is 0 Å². The van der Waals surface area contributed by atoms with Crippen molar-refractivity contribution in [2.45, 2.75) is 86.0 Å². The first-order valence-corrected chi connectivity index (χ1v) is 14.9. The fraction of sp³-hybridized carbons (Fsp3) is 0.485. The molecule has 0 radical (unpaired) electrons. The third kappa shape index (κ3) is 8.59. The van der Waals surface area contributed by atoms with Gasteiger partial charge in [-0.3, -0.25) is 4.79 Å². The standard InChI is InChI=1S/C33H46ClN5O2/c1-21(2)17-18-38(32(41)36-31-26(22(3)4)11-10-12-27(31)23(5)6)20-30(40)35-29-19-28(33(7,8)9)37-39(29)25-15-13-24(34)14-16-25/h10-16,19,21-23H,17-18,20H2,1-9H3,(H,35,40)(H,36,41). The summed E-state index contributed by atoms with van der Waals surface area (Å²) in [5.74, 6) is 1.10. The number of aromatic nitrogens is 2. The van der Waals surface area contributed by atoms with E-state index in [1.54, 1.807) is 21.7 Å². The van der Waals surface area contributed by atoms with Crippen LogP contribution in [0.4, 0.5) is 16.3 Å². The van der Waals surface area contributed by atoms with Crippen LogP contribution in [0, 0.1) is 5.92 Å². The summed E-state index contributed by atoms with van der Waals surface area (Å²) in [6, 6.07) is 15.1. The highest BCUT2D eigenvalue weighted by atomic mass is 35.5. The molecule has 0 aliphatic heterocycles. The molecular formula is C33H46ClN5O2. The molecule has 0 saturated heterocycles. The van der Waals surface area contributed by atoms with Gasteiger partial charge >= 0.3 is 6.03 Å². The Bertz CT molecular complexity index is 1310. The summed E-state index contributed by atoms with van der Waals surface area (Å²) in [5, 5.41) is 11.6. The predicted molar refractivity (Wildman–Crippen MR) is 171 cm³/mol. The summed E-state index contributed by atoms with van der Waals surface area (Å²) in [5.41, 5.74) is 4.40. The molecule has 41 heavy (non-hydrogen) atoms. The van der Waals surface area contributed by atoms with Crippen molar-refractivity contribution in [3.63, 3.8) is 0 Å². The van der Waals surface area contributed by atoms with E-state index in [1.807, 2.05) is 24.3 Å². The van der Waals surface area contributed by atoms with E-state index in [0.717, 1.165) is 34.6 Å². The van der Waals surface area contributed by atoms with E-state index in [2.05, 4.69) is 85.1 Å². The van der Waals surface area contributed by atoms with E-state index in [0.29, 0.717) is 23.3 Å². The number of urea groups is 1. The molecule has 2 aromatic carbocycles. The summed E-state index contributed by atoms with van der Waals surface area (Å²) in [7, 11) is 0. The first kappa shape index (κ1) is 32.2. The Morgan fingerprint density at radius 1 is 0.927 bits per heavy atom. The maximum absolute atomic E-state index is 13.7. The van der Waals surface area contributed by atoms with Gasteiger partial charge in [-0.2, -0.15) is 5.10 Å². The summed E-state index contributed by atoms with van der Waals surface area (Å²) < 4.78 is 1.71. The van der Waals surface area contributed by atoms with E-state index >= 15 is 0 Å². The number of amides is 3. The van der Waals surface area contributed by atoms with Crippen molar-refractivity contribution < 1.29 is 9.59 Å². The van der Waals surface area contributed by atoms with Crippen LogP contribution >= 0.6 is 11.6 Å². The van der Waals surface area contributed by atoms with Crippen molar-refractivity contribution in [2.24, 2.45) is 5.92 Å². The molecule has 222 valence electrons. The van der Waals surface area contributed by atoms with E-state index in [9.17, 15) is 9.59 Å². The topological polar surface area (TPSA) is 79.3 Å². The molecule has 0 saturated carbocycles. The average Bonchev–Trinajstić information content (AvgIpc) is 3.30. The lowest BCUT2D eigenvalue weighted by atomic mass is 9.92. The third-order valence-corrected chi connectivity index (χ3v) is 7.27. The predicted octanol–water partition coefficient (Wildman–Crippen LogP) is 8.59. The molecular weight excluding hydrogens is 534 g/mol. The van der Waals surface area contributed by atoms with E-state index in [1.165, 1.54) is 0 Å². The van der Waals surface area contributed by atoms with Gasteiger partial charge in [0.15, 0.2) is 0 Å². The first-order chi connectivity index (χ1) is 19.2. The molecule has 0 aliphatic carbocycles. The monoisotopic (exact) mass is 579 g/mol. The summed E-state index contributed by atoms with van der Waals surface area (Å²) >= 11 is 6.11. The highest BCUT2D eigenvalue weighted by molar-refractivity contribution is 6.30. The lowest BCUT2D eigenvalue weighted by Crippen LogP contribution is -2.42. The van der Waals surface area contributed by atoms with Crippen molar-refractivity contribution in [3.05, 3.63) is 70.4 Å². The van der Waals surface area contributed by atoms with Crippen molar-refractivity contribution in [2.75, 3.05) is 23.7 Å². The van der Waals surface area contributed by atoms with Crippen LogP contribution in [-0.4, -0.2) is 39.7 Å². The molecule has 1 heterocycles. The van der Waals surface area contributed by atoms with E-state index in [-0.39, 0.29) is 35.7 Å². The molecule has 2 N–H and O–H groups in total. The Hall–Kier alpha value is -3.32. The van der Waals surface area contributed by atoms with Gasteiger partial charge in [-0.1, -0.05) is 92.1 Å². The SMILES string of the molecule is CC(C)CCN(CC(=O)Nc1cc(C(C)(C)C)nn1-c1ccc(Cl)cc1)C(=O)Nc1c(C(C)C)cccc1C(C)C. The molecule has 1 aromatic heterocycles. The van der Waals surface area contributed by atoms with Crippen molar-refractivity contribution in [3.8, 4) is 5.69 Å². The van der Waals surface area contributed by atoms with Gasteiger partial charge in [0, 0.05) is 28.7 Å². The molecule has 3 amide bonds. The molecule has 3 aromatic rings. The second-order valence-corrected chi connectivity index (χ2v) is 13.2. The van der Waals surface area contributed by atoms with E-state index in [4.69, 9.17) is 16.7 Å². The molecule has 0 atom stereocenters. The largest absolute Gasteiger partial charge is 0.322 e. The number of hydrogen-bond acceptors (Lipinski definition) is 3. The van der Waals surface area contributed by atoms with Gasteiger partial charge < -0.3 is 15.5 Å². The van der Waals surface area contributed by atoms with Crippen LogP contribution in [0.5, 0.6) is 0 Å². The summed E-state index contributed by atoms with van der Waals surface area (Å²) in [4.78, 5) is 28.8. The van der Waals surface area contributed by atoms with Crippen LogP contribution in [0.25, 0.3) is 5.69 Å². The molecule has 0 aliphatic rings. The van der Waals surface area contributed by atoms with Crippen LogP contribution in [-0.2, 0) is 10.2 Å². The lowest BCUT2D eigenvalue weighted by molar-refractivity contribution is -0.116. The number of hydrogen-bond donors (Lipinski definition) is 2. The van der Waals surface area contributed by atoms with Gasteiger partial charge in [0.05, 0.1) is 11.4 Å². The highest BCUT2D eigenvalue weighted by Crippen LogP contribution is 2.33. The Morgan fingerprint density at radius 3 is 2.02 bits per heavy atom. The van der Waals surface area contributed by atoms with Gasteiger partial charge in [-0.15, -0.1) is 0 Å². The fourth-order valence-corrected chi connectivity index (χ4v) is 4.65. The normalized spacial score (nSPS) is 11.8. The quantitative estimate of drug-likeness (QED) is 0.252. The minimum absolute atomic E-state index is 0.0872. The number of rotatable bonds is 10. The number of carbonyl (C=O) groups excluding carboxylic acids is 2. The van der Waals surface area contributed by atoms with Crippen molar-refractivity contribution >= 4 is 35.0 Å². The zero-order valence-electron chi connectivity index (χ0n) is 26.0. The van der Waals surface area contributed by atoms with Gasteiger partial charge in [0.1, 0.15) is 12.4 Å². The average molecular weight is 580 g/mol. The van der Waals surface area contributed by atoms with Crippen LogP contribution in [0.1, 0.15) is 97.4 Å². The second kappa shape index (κ2) is 13.6. The Balaban J connectivity index is 1.89. The zero-order valence-corrected chi connectivity index (χ0v) is 26.8. The van der Waals surface area contributed by atoms with Gasteiger partial charge in [0.2, 0.25) is 5.91 Å². The maximum atomic E-state index is 13.7. The molecule has 0 fully saturated rings. The maximum Gasteiger partial charge on any atom is 0.322 e. The fourth-order valence-electron chi connectivity index (χ4n) is 4.52. The van der Waals surface area contributed by atoms with Gasteiger partial charge in [-0.25, -0.2) is 9.48 Å².